The van der Waals surface area contributed by atoms with Gasteiger partial charge in [-0.15, -0.1) is 0 Å². The predicted octanol–water partition coefficient (Wildman–Crippen LogP) is 3.34. The lowest BCUT2D eigenvalue weighted by molar-refractivity contribution is -0.117. The molecule has 0 aliphatic carbocycles. The summed E-state index contributed by atoms with van der Waals surface area (Å²) in [5.74, 6) is 0.0969. The SMILES string of the molecule is CCOc1ccc2ccccc2c1/C=C1\SC(NC(C)=O)=NC1=O. The van der Waals surface area contributed by atoms with Crippen molar-refractivity contribution in [2.24, 2.45) is 4.99 Å². The monoisotopic (exact) mass is 340 g/mol. The Bertz CT molecular complexity index is 887. The van der Waals surface area contributed by atoms with Crippen molar-refractivity contribution in [2.75, 3.05) is 6.61 Å². The molecule has 1 aliphatic rings. The van der Waals surface area contributed by atoms with Gasteiger partial charge in [0.2, 0.25) is 5.91 Å². The summed E-state index contributed by atoms with van der Waals surface area (Å²) >= 11 is 1.15. The maximum absolute atomic E-state index is 12.1. The number of carbonyl (C=O) groups excluding carboxylic acids is 2. The molecule has 0 bridgehead atoms. The first-order chi connectivity index (χ1) is 11.6. The van der Waals surface area contributed by atoms with Gasteiger partial charge in [-0.25, -0.2) is 0 Å². The van der Waals surface area contributed by atoms with Crippen LogP contribution >= 0.6 is 11.8 Å². The lowest BCUT2D eigenvalue weighted by Gasteiger charge is -2.11. The summed E-state index contributed by atoms with van der Waals surface area (Å²) in [6, 6.07) is 11.8. The minimum atomic E-state index is -0.362. The molecule has 2 aromatic rings. The van der Waals surface area contributed by atoms with E-state index >= 15 is 0 Å². The average Bonchev–Trinajstić information content (AvgIpc) is 2.88. The number of hydrogen-bond acceptors (Lipinski definition) is 4. The lowest BCUT2D eigenvalue weighted by Crippen LogP contribution is -2.23. The highest BCUT2D eigenvalue weighted by Crippen LogP contribution is 2.34. The van der Waals surface area contributed by atoms with Crippen LogP contribution in [0.1, 0.15) is 19.4 Å². The van der Waals surface area contributed by atoms with Crippen molar-refractivity contribution in [1.29, 1.82) is 0 Å². The highest BCUT2D eigenvalue weighted by Gasteiger charge is 2.23. The molecule has 2 amide bonds. The van der Waals surface area contributed by atoms with E-state index in [0.717, 1.165) is 28.1 Å². The van der Waals surface area contributed by atoms with Crippen molar-refractivity contribution in [2.45, 2.75) is 13.8 Å². The van der Waals surface area contributed by atoms with E-state index in [1.165, 1.54) is 6.92 Å². The smallest absolute Gasteiger partial charge is 0.286 e. The van der Waals surface area contributed by atoms with Crippen molar-refractivity contribution in [1.82, 2.24) is 5.32 Å². The zero-order valence-corrected chi connectivity index (χ0v) is 14.1. The van der Waals surface area contributed by atoms with E-state index in [0.29, 0.717) is 22.4 Å². The first-order valence-corrected chi connectivity index (χ1v) is 8.35. The Balaban J connectivity index is 2.04. The van der Waals surface area contributed by atoms with Gasteiger partial charge in [-0.1, -0.05) is 30.3 Å². The summed E-state index contributed by atoms with van der Waals surface area (Å²) < 4.78 is 5.71. The Morgan fingerprint density at radius 1 is 1.29 bits per heavy atom. The fourth-order valence-corrected chi connectivity index (χ4v) is 3.29. The van der Waals surface area contributed by atoms with Gasteiger partial charge in [-0.05, 0) is 41.6 Å². The Kier molecular flexibility index (Phi) is 4.66. The highest BCUT2D eigenvalue weighted by atomic mass is 32.2. The Hall–Kier alpha value is -2.60. The van der Waals surface area contributed by atoms with Gasteiger partial charge in [0.1, 0.15) is 5.75 Å². The van der Waals surface area contributed by atoms with Crippen molar-refractivity contribution in [3.63, 3.8) is 0 Å². The van der Waals surface area contributed by atoms with E-state index in [1.807, 2.05) is 43.3 Å². The van der Waals surface area contributed by atoms with Gasteiger partial charge in [0, 0.05) is 12.5 Å². The summed E-state index contributed by atoms with van der Waals surface area (Å²) in [4.78, 5) is 27.6. The van der Waals surface area contributed by atoms with E-state index in [1.54, 1.807) is 6.08 Å². The van der Waals surface area contributed by atoms with Gasteiger partial charge in [0.05, 0.1) is 11.5 Å². The molecule has 0 unspecified atom stereocenters. The number of carbonyl (C=O) groups is 2. The zero-order valence-electron chi connectivity index (χ0n) is 13.3. The second kappa shape index (κ2) is 6.88. The van der Waals surface area contributed by atoms with Crippen LogP contribution in [0.25, 0.3) is 16.8 Å². The van der Waals surface area contributed by atoms with E-state index in [-0.39, 0.29) is 11.8 Å². The Labute approximate surface area is 143 Å². The van der Waals surface area contributed by atoms with Crippen LogP contribution in [0.15, 0.2) is 46.3 Å². The third kappa shape index (κ3) is 3.33. The molecule has 1 heterocycles. The zero-order chi connectivity index (χ0) is 17.1. The number of thioether (sulfide) groups is 1. The molecule has 0 radical (unpaired) electrons. The van der Waals surface area contributed by atoms with Crippen LogP contribution in [0.5, 0.6) is 5.75 Å². The molecule has 122 valence electrons. The normalized spacial score (nSPS) is 15.7. The molecular weight excluding hydrogens is 324 g/mol. The highest BCUT2D eigenvalue weighted by molar-refractivity contribution is 8.18. The molecule has 6 heteroatoms. The quantitative estimate of drug-likeness (QED) is 0.870. The first-order valence-electron chi connectivity index (χ1n) is 7.53. The van der Waals surface area contributed by atoms with E-state index in [9.17, 15) is 9.59 Å². The predicted molar refractivity (Wildman–Crippen MR) is 96.9 cm³/mol. The molecular formula is C18H16N2O3S. The second-order valence-corrected chi connectivity index (χ2v) is 6.18. The number of nitrogens with one attached hydrogen (secondary N) is 1. The molecule has 5 nitrogen and oxygen atoms in total. The number of rotatable bonds is 3. The molecule has 1 aliphatic heterocycles. The van der Waals surface area contributed by atoms with Crippen LogP contribution < -0.4 is 10.1 Å². The van der Waals surface area contributed by atoms with E-state index in [2.05, 4.69) is 10.3 Å². The van der Waals surface area contributed by atoms with Gasteiger partial charge >= 0.3 is 0 Å². The van der Waals surface area contributed by atoms with Crippen LogP contribution in [0, 0.1) is 0 Å². The molecule has 0 fully saturated rings. The van der Waals surface area contributed by atoms with Crippen molar-refractivity contribution in [3.8, 4) is 5.75 Å². The molecule has 0 saturated carbocycles. The molecule has 2 aromatic carbocycles. The minimum absolute atomic E-state index is 0.254. The third-order valence-electron chi connectivity index (χ3n) is 3.41. The molecule has 0 saturated heterocycles. The van der Waals surface area contributed by atoms with Gasteiger partial charge in [0.25, 0.3) is 5.91 Å². The minimum Gasteiger partial charge on any atom is -0.493 e. The fraction of sp³-hybridized carbons (Fsp3) is 0.167. The number of aliphatic imine (C=N–C) groups is 1. The van der Waals surface area contributed by atoms with Crippen LogP contribution in [-0.4, -0.2) is 23.6 Å². The summed E-state index contributed by atoms with van der Waals surface area (Å²) in [6.45, 7) is 3.83. The standard InChI is InChI=1S/C18H16N2O3S/c1-3-23-15-9-8-12-6-4-5-7-13(12)14(15)10-16-17(22)20-18(24-16)19-11(2)21/h4-10H,3H2,1-2H3,(H,19,20,21,22)/b16-10-. The van der Waals surface area contributed by atoms with Crippen LogP contribution in [0.2, 0.25) is 0 Å². The molecule has 1 N–H and O–H groups in total. The van der Waals surface area contributed by atoms with Crippen LogP contribution in [-0.2, 0) is 9.59 Å². The molecule has 0 spiro atoms. The summed E-state index contributed by atoms with van der Waals surface area (Å²) in [6.07, 6.45) is 1.78. The Morgan fingerprint density at radius 3 is 2.83 bits per heavy atom. The largest absolute Gasteiger partial charge is 0.493 e. The van der Waals surface area contributed by atoms with Crippen LogP contribution in [0.3, 0.4) is 0 Å². The van der Waals surface area contributed by atoms with Crippen molar-refractivity contribution < 1.29 is 14.3 Å². The lowest BCUT2D eigenvalue weighted by atomic mass is 10.0. The second-order valence-electron chi connectivity index (χ2n) is 5.15. The number of hydrogen-bond donors (Lipinski definition) is 1. The summed E-state index contributed by atoms with van der Waals surface area (Å²) in [5.41, 5.74) is 0.838. The number of amidine groups is 1. The average molecular weight is 340 g/mol. The first kappa shape index (κ1) is 16.3. The van der Waals surface area contributed by atoms with Gasteiger partial charge < -0.3 is 10.1 Å². The number of fused-ring (bicyclic) bond motifs is 1. The van der Waals surface area contributed by atoms with Crippen molar-refractivity contribution in [3.05, 3.63) is 46.9 Å². The van der Waals surface area contributed by atoms with Gasteiger partial charge in [-0.3, -0.25) is 9.59 Å². The van der Waals surface area contributed by atoms with E-state index < -0.39 is 0 Å². The summed E-state index contributed by atoms with van der Waals surface area (Å²) in [5, 5.41) is 4.91. The van der Waals surface area contributed by atoms with Gasteiger partial charge in [-0.2, -0.15) is 4.99 Å². The topological polar surface area (TPSA) is 67.8 Å². The van der Waals surface area contributed by atoms with E-state index in [4.69, 9.17) is 4.74 Å². The number of ether oxygens (including phenoxy) is 1. The number of amides is 2. The molecule has 0 atom stereocenters. The molecule has 0 aromatic heterocycles. The molecule has 3 rings (SSSR count). The maximum atomic E-state index is 12.1. The Morgan fingerprint density at radius 2 is 2.08 bits per heavy atom. The third-order valence-corrected chi connectivity index (χ3v) is 4.31. The maximum Gasteiger partial charge on any atom is 0.286 e. The fourth-order valence-electron chi connectivity index (χ4n) is 2.45. The molecule has 24 heavy (non-hydrogen) atoms. The number of benzene rings is 2. The van der Waals surface area contributed by atoms with Gasteiger partial charge in [0.15, 0.2) is 5.17 Å². The van der Waals surface area contributed by atoms with Crippen molar-refractivity contribution >= 4 is 45.6 Å². The number of nitrogens with zero attached hydrogens (tertiary/aromatic N) is 1. The summed E-state index contributed by atoms with van der Waals surface area (Å²) in [7, 11) is 0. The van der Waals surface area contributed by atoms with Crippen LogP contribution in [0.4, 0.5) is 0 Å².